The highest BCUT2D eigenvalue weighted by Gasteiger charge is 2.19. The van der Waals surface area contributed by atoms with Crippen LogP contribution < -0.4 is 5.32 Å². The average Bonchev–Trinajstić information content (AvgIpc) is 2.49. The molecule has 2 heterocycles. The molecule has 0 saturated carbocycles. The molecule has 0 aliphatic carbocycles. The lowest BCUT2D eigenvalue weighted by atomic mass is 9.98. The molecule has 1 N–H and O–H groups in total. The quantitative estimate of drug-likeness (QED) is 0.688. The first-order valence-corrected chi connectivity index (χ1v) is 4.85. The third-order valence-corrected chi connectivity index (χ3v) is 2.70. The molecule has 0 atom stereocenters. The zero-order chi connectivity index (χ0) is 9.26. The monoisotopic (exact) mass is 180 g/mol. The Kier molecular flexibility index (Phi) is 2.31. The fourth-order valence-electron chi connectivity index (χ4n) is 1.74. The molecule has 1 aliphatic heterocycles. The lowest BCUT2D eigenvalue weighted by Gasteiger charge is -2.19. The predicted octanol–water partition coefficient (Wildman–Crippen LogP) is 0.591. The Labute approximate surface area is 78.4 Å². The van der Waals surface area contributed by atoms with E-state index in [9.17, 15) is 0 Å². The molecule has 0 bridgehead atoms. The number of piperidine rings is 1. The average molecular weight is 180 g/mol. The summed E-state index contributed by atoms with van der Waals surface area (Å²) in [5.41, 5.74) is 0. The number of aryl methyl sites for hydroxylation is 2. The fourth-order valence-corrected chi connectivity index (χ4v) is 1.74. The van der Waals surface area contributed by atoms with Gasteiger partial charge in [-0.25, -0.2) is 4.98 Å². The van der Waals surface area contributed by atoms with Gasteiger partial charge in [-0.3, -0.25) is 4.68 Å². The molecule has 1 fully saturated rings. The molecule has 0 radical (unpaired) electrons. The third kappa shape index (κ3) is 1.72. The van der Waals surface area contributed by atoms with Gasteiger partial charge in [-0.1, -0.05) is 0 Å². The van der Waals surface area contributed by atoms with E-state index < -0.39 is 0 Å². The summed E-state index contributed by atoms with van der Waals surface area (Å²) in [6, 6.07) is 0. The first-order valence-electron chi connectivity index (χ1n) is 4.85. The first kappa shape index (κ1) is 8.69. The molecular weight excluding hydrogens is 164 g/mol. The molecule has 0 unspecified atom stereocenters. The van der Waals surface area contributed by atoms with Crippen molar-refractivity contribution in [2.24, 2.45) is 7.05 Å². The number of aromatic nitrogens is 3. The minimum absolute atomic E-state index is 0.571. The highest BCUT2D eigenvalue weighted by Crippen LogP contribution is 2.21. The Morgan fingerprint density at radius 2 is 2.08 bits per heavy atom. The molecule has 0 spiro atoms. The molecule has 13 heavy (non-hydrogen) atoms. The Morgan fingerprint density at radius 1 is 1.38 bits per heavy atom. The van der Waals surface area contributed by atoms with Crippen LogP contribution in [0.3, 0.4) is 0 Å². The Bertz CT molecular complexity index is 266. The van der Waals surface area contributed by atoms with Gasteiger partial charge >= 0.3 is 0 Å². The van der Waals surface area contributed by atoms with Crippen LogP contribution in [0.1, 0.15) is 30.4 Å². The maximum Gasteiger partial charge on any atom is 0.154 e. The molecule has 0 amide bonds. The maximum atomic E-state index is 4.46. The number of nitrogens with zero attached hydrogens (tertiary/aromatic N) is 3. The van der Waals surface area contributed by atoms with Crippen LogP contribution in [0.2, 0.25) is 0 Å². The molecule has 72 valence electrons. The van der Waals surface area contributed by atoms with Gasteiger partial charge in [-0.2, -0.15) is 5.10 Å². The Hall–Kier alpha value is -0.900. The summed E-state index contributed by atoms with van der Waals surface area (Å²) in [5.74, 6) is 2.61. The number of hydrogen-bond acceptors (Lipinski definition) is 3. The summed E-state index contributed by atoms with van der Waals surface area (Å²) in [6.45, 7) is 4.20. The van der Waals surface area contributed by atoms with Gasteiger partial charge in [0.1, 0.15) is 5.82 Å². The Balaban J connectivity index is 2.14. The lowest BCUT2D eigenvalue weighted by Crippen LogP contribution is -2.27. The minimum Gasteiger partial charge on any atom is -0.317 e. The van der Waals surface area contributed by atoms with Crippen molar-refractivity contribution in [3.63, 3.8) is 0 Å². The minimum atomic E-state index is 0.571. The van der Waals surface area contributed by atoms with Crippen LogP contribution in [0.5, 0.6) is 0 Å². The summed E-state index contributed by atoms with van der Waals surface area (Å²) >= 11 is 0. The lowest BCUT2D eigenvalue weighted by molar-refractivity contribution is 0.443. The molecule has 2 rings (SSSR count). The van der Waals surface area contributed by atoms with Crippen LogP contribution in [-0.4, -0.2) is 27.9 Å². The zero-order valence-electron chi connectivity index (χ0n) is 8.25. The number of nitrogens with one attached hydrogen (secondary N) is 1. The van der Waals surface area contributed by atoms with Gasteiger partial charge in [-0.05, 0) is 32.9 Å². The molecular formula is C9H16N4. The van der Waals surface area contributed by atoms with Crippen molar-refractivity contribution in [3.8, 4) is 0 Å². The molecule has 4 heteroatoms. The van der Waals surface area contributed by atoms with Crippen LogP contribution in [-0.2, 0) is 7.05 Å². The van der Waals surface area contributed by atoms with Gasteiger partial charge in [0, 0.05) is 13.0 Å². The molecule has 1 aromatic rings. The second kappa shape index (κ2) is 3.46. The maximum absolute atomic E-state index is 4.46. The smallest absolute Gasteiger partial charge is 0.154 e. The number of hydrogen-bond donors (Lipinski definition) is 1. The van der Waals surface area contributed by atoms with E-state index in [0.717, 1.165) is 24.7 Å². The van der Waals surface area contributed by atoms with Gasteiger partial charge in [0.05, 0.1) is 0 Å². The fraction of sp³-hybridized carbons (Fsp3) is 0.778. The standard InChI is InChI=1S/C9H16N4/c1-7-11-9(12-13(7)2)8-3-5-10-6-4-8/h8,10H,3-6H2,1-2H3. The normalized spacial score (nSPS) is 19.2. The second-order valence-corrected chi connectivity index (χ2v) is 3.67. The van der Waals surface area contributed by atoms with E-state index >= 15 is 0 Å². The largest absolute Gasteiger partial charge is 0.317 e. The number of rotatable bonds is 1. The summed E-state index contributed by atoms with van der Waals surface area (Å²) < 4.78 is 1.86. The SMILES string of the molecule is Cc1nc(C2CCNCC2)nn1C. The highest BCUT2D eigenvalue weighted by atomic mass is 15.3. The summed E-state index contributed by atoms with van der Waals surface area (Å²) in [5, 5.41) is 7.76. The Morgan fingerprint density at radius 3 is 2.62 bits per heavy atom. The van der Waals surface area contributed by atoms with E-state index in [1.54, 1.807) is 0 Å². The van der Waals surface area contributed by atoms with Crippen molar-refractivity contribution in [3.05, 3.63) is 11.6 Å². The van der Waals surface area contributed by atoms with Crippen LogP contribution in [0, 0.1) is 6.92 Å². The van der Waals surface area contributed by atoms with Crippen molar-refractivity contribution in [2.45, 2.75) is 25.7 Å². The van der Waals surface area contributed by atoms with Crippen LogP contribution >= 0.6 is 0 Å². The van der Waals surface area contributed by atoms with Crippen LogP contribution in [0.15, 0.2) is 0 Å². The topological polar surface area (TPSA) is 42.7 Å². The summed E-state index contributed by atoms with van der Waals surface area (Å²) in [6.07, 6.45) is 2.34. The summed E-state index contributed by atoms with van der Waals surface area (Å²) in [7, 11) is 1.95. The van der Waals surface area contributed by atoms with Crippen LogP contribution in [0.25, 0.3) is 0 Å². The second-order valence-electron chi connectivity index (χ2n) is 3.67. The predicted molar refractivity (Wildman–Crippen MR) is 50.6 cm³/mol. The van der Waals surface area contributed by atoms with Crippen molar-refractivity contribution < 1.29 is 0 Å². The van der Waals surface area contributed by atoms with E-state index in [2.05, 4.69) is 15.4 Å². The van der Waals surface area contributed by atoms with Crippen molar-refractivity contribution in [1.82, 2.24) is 20.1 Å². The molecule has 4 nitrogen and oxygen atoms in total. The van der Waals surface area contributed by atoms with Crippen LogP contribution in [0.4, 0.5) is 0 Å². The molecule has 0 aromatic carbocycles. The van der Waals surface area contributed by atoms with Gasteiger partial charge in [0.25, 0.3) is 0 Å². The third-order valence-electron chi connectivity index (χ3n) is 2.70. The van der Waals surface area contributed by atoms with Crippen molar-refractivity contribution >= 4 is 0 Å². The van der Waals surface area contributed by atoms with Gasteiger partial charge < -0.3 is 5.32 Å². The molecule has 1 aromatic heterocycles. The van der Waals surface area contributed by atoms with Crippen molar-refractivity contribution in [2.75, 3.05) is 13.1 Å². The van der Waals surface area contributed by atoms with E-state index in [0.29, 0.717) is 5.92 Å². The van der Waals surface area contributed by atoms with E-state index in [-0.39, 0.29) is 0 Å². The van der Waals surface area contributed by atoms with E-state index in [1.807, 2.05) is 18.7 Å². The van der Waals surface area contributed by atoms with Gasteiger partial charge in [0.15, 0.2) is 5.82 Å². The zero-order valence-corrected chi connectivity index (χ0v) is 8.25. The molecule has 1 saturated heterocycles. The van der Waals surface area contributed by atoms with E-state index in [1.165, 1.54) is 12.8 Å². The van der Waals surface area contributed by atoms with E-state index in [4.69, 9.17) is 0 Å². The molecule has 1 aliphatic rings. The van der Waals surface area contributed by atoms with Gasteiger partial charge in [0.2, 0.25) is 0 Å². The first-order chi connectivity index (χ1) is 6.27. The van der Waals surface area contributed by atoms with Crippen molar-refractivity contribution in [1.29, 1.82) is 0 Å². The summed E-state index contributed by atoms with van der Waals surface area (Å²) in [4.78, 5) is 4.46. The van der Waals surface area contributed by atoms with Gasteiger partial charge in [-0.15, -0.1) is 0 Å². The highest BCUT2D eigenvalue weighted by molar-refractivity contribution is 4.99.